The highest BCUT2D eigenvalue weighted by Crippen LogP contribution is 2.38. The number of halogens is 1. The number of carbonyl (C=O) groups is 1. The van der Waals surface area contributed by atoms with Gasteiger partial charge in [-0.2, -0.15) is 0 Å². The van der Waals surface area contributed by atoms with Crippen LogP contribution in [0.15, 0.2) is 30.5 Å². The number of aromatic nitrogens is 1. The zero-order valence-electron chi connectivity index (χ0n) is 19.1. The van der Waals surface area contributed by atoms with Gasteiger partial charge in [-0.05, 0) is 74.4 Å². The maximum Gasteiger partial charge on any atom is 0.251 e. The van der Waals surface area contributed by atoms with E-state index in [0.29, 0.717) is 36.0 Å². The lowest BCUT2D eigenvalue weighted by Gasteiger charge is -2.39. The van der Waals surface area contributed by atoms with Crippen LogP contribution in [-0.4, -0.2) is 54.2 Å². The lowest BCUT2D eigenvalue weighted by Crippen LogP contribution is -2.50. The van der Waals surface area contributed by atoms with Crippen molar-refractivity contribution in [3.8, 4) is 5.75 Å². The molecule has 2 fully saturated rings. The van der Waals surface area contributed by atoms with Gasteiger partial charge >= 0.3 is 0 Å². The van der Waals surface area contributed by atoms with E-state index >= 15 is 0 Å². The summed E-state index contributed by atoms with van der Waals surface area (Å²) < 4.78 is 10.9. The molecule has 32 heavy (non-hydrogen) atoms. The van der Waals surface area contributed by atoms with Gasteiger partial charge in [0.2, 0.25) is 0 Å². The number of benzene rings is 1. The molecule has 2 unspecified atom stereocenters. The fourth-order valence-electron chi connectivity index (χ4n) is 5.07. The number of pyridine rings is 1. The van der Waals surface area contributed by atoms with E-state index in [0.717, 1.165) is 25.1 Å². The first kappa shape index (κ1) is 23.0. The summed E-state index contributed by atoms with van der Waals surface area (Å²) in [4.78, 5) is 19.2. The Kier molecular flexibility index (Phi) is 7.33. The molecule has 172 valence electrons. The number of ether oxygens (including phenoxy) is 2. The van der Waals surface area contributed by atoms with Crippen LogP contribution in [0.4, 0.5) is 0 Å². The fraction of sp³-hybridized carbons (Fsp3) is 0.520. The molecule has 1 aromatic heterocycles. The summed E-state index contributed by atoms with van der Waals surface area (Å²) in [5.74, 6) is 0.867. The molecule has 6 nitrogen and oxygen atoms in total. The van der Waals surface area contributed by atoms with E-state index in [4.69, 9.17) is 21.1 Å². The van der Waals surface area contributed by atoms with Gasteiger partial charge < -0.3 is 14.8 Å². The van der Waals surface area contributed by atoms with E-state index in [1.54, 1.807) is 25.4 Å². The summed E-state index contributed by atoms with van der Waals surface area (Å²) in [5, 5.41) is 3.56. The summed E-state index contributed by atoms with van der Waals surface area (Å²) >= 11 is 5.94. The molecular formula is C25H32ClN3O3. The second kappa shape index (κ2) is 10.2. The standard InChI is InChI=1S/C25H32ClN3O3/c1-16-17(2)23(32-11-10-31-3)7-4-19(16)15-29-21-5-6-22(29)14-20(13-21)28-25(30)18-8-9-27-24(26)12-18/h4,7-9,12,20-22H,5-6,10-11,13-15H2,1-3H3,(H,28,30). The summed E-state index contributed by atoms with van der Waals surface area (Å²) in [6, 6.07) is 8.80. The molecule has 7 heteroatoms. The van der Waals surface area contributed by atoms with Crippen LogP contribution in [0.1, 0.15) is 52.7 Å². The van der Waals surface area contributed by atoms with Crippen molar-refractivity contribution in [2.45, 2.75) is 64.2 Å². The van der Waals surface area contributed by atoms with E-state index in [1.165, 1.54) is 29.5 Å². The number of amides is 1. The van der Waals surface area contributed by atoms with E-state index in [2.05, 4.69) is 41.2 Å². The summed E-state index contributed by atoms with van der Waals surface area (Å²) in [5.41, 5.74) is 4.42. The lowest BCUT2D eigenvalue weighted by molar-refractivity contribution is 0.0827. The van der Waals surface area contributed by atoms with Crippen LogP contribution in [0.2, 0.25) is 5.15 Å². The van der Waals surface area contributed by atoms with Crippen molar-refractivity contribution in [3.05, 3.63) is 57.9 Å². The molecule has 0 aliphatic carbocycles. The minimum Gasteiger partial charge on any atom is -0.491 e. The minimum atomic E-state index is -0.0670. The number of fused-ring (bicyclic) bond motifs is 2. The van der Waals surface area contributed by atoms with Crippen LogP contribution in [0, 0.1) is 13.8 Å². The van der Waals surface area contributed by atoms with Crippen LogP contribution >= 0.6 is 11.6 Å². The predicted molar refractivity (Wildman–Crippen MR) is 125 cm³/mol. The number of rotatable bonds is 8. The molecule has 2 aliphatic heterocycles. The Labute approximate surface area is 195 Å². The van der Waals surface area contributed by atoms with Crippen molar-refractivity contribution >= 4 is 17.5 Å². The van der Waals surface area contributed by atoms with Crippen LogP contribution in [-0.2, 0) is 11.3 Å². The second-order valence-corrected chi connectivity index (χ2v) is 9.27. The molecule has 2 aromatic rings. The van der Waals surface area contributed by atoms with Gasteiger partial charge in [-0.25, -0.2) is 4.98 Å². The van der Waals surface area contributed by atoms with Gasteiger partial charge in [-0.15, -0.1) is 0 Å². The van der Waals surface area contributed by atoms with Crippen molar-refractivity contribution in [2.24, 2.45) is 0 Å². The quantitative estimate of drug-likeness (QED) is 0.473. The average Bonchev–Trinajstić information content (AvgIpc) is 3.00. The summed E-state index contributed by atoms with van der Waals surface area (Å²) in [7, 11) is 1.68. The fourth-order valence-corrected chi connectivity index (χ4v) is 5.25. The SMILES string of the molecule is COCCOc1ccc(CN2C3CCC2CC(NC(=O)c2ccnc(Cl)c2)C3)c(C)c1C. The number of piperidine rings is 1. The van der Waals surface area contributed by atoms with Gasteiger partial charge in [0.25, 0.3) is 5.91 Å². The highest BCUT2D eigenvalue weighted by molar-refractivity contribution is 6.29. The third-order valence-corrected chi connectivity index (χ3v) is 7.16. The van der Waals surface area contributed by atoms with Gasteiger partial charge in [-0.3, -0.25) is 9.69 Å². The molecule has 2 atom stereocenters. The molecule has 2 saturated heterocycles. The molecule has 3 heterocycles. The zero-order chi connectivity index (χ0) is 22.7. The molecule has 1 aromatic carbocycles. The molecule has 2 aliphatic rings. The molecule has 0 spiro atoms. The Balaban J connectivity index is 1.38. The molecule has 1 N–H and O–H groups in total. The minimum absolute atomic E-state index is 0.0670. The molecule has 0 radical (unpaired) electrons. The number of carbonyl (C=O) groups excluding carboxylic acids is 1. The molecule has 1 amide bonds. The van der Waals surface area contributed by atoms with Crippen molar-refractivity contribution in [2.75, 3.05) is 20.3 Å². The highest BCUT2D eigenvalue weighted by atomic mass is 35.5. The first-order valence-electron chi connectivity index (χ1n) is 11.3. The predicted octanol–water partition coefficient (Wildman–Crippen LogP) is 4.30. The van der Waals surface area contributed by atoms with Gasteiger partial charge in [0.1, 0.15) is 17.5 Å². The normalized spacial score (nSPS) is 22.7. The molecule has 4 rings (SSSR count). The van der Waals surface area contributed by atoms with Crippen molar-refractivity contribution in [1.29, 1.82) is 0 Å². The number of nitrogens with zero attached hydrogens (tertiary/aromatic N) is 2. The Bertz CT molecular complexity index is 953. The topological polar surface area (TPSA) is 63.7 Å². The zero-order valence-corrected chi connectivity index (χ0v) is 19.8. The monoisotopic (exact) mass is 457 g/mol. The van der Waals surface area contributed by atoms with E-state index in [1.807, 2.05) is 0 Å². The number of hydrogen-bond donors (Lipinski definition) is 1. The first-order chi connectivity index (χ1) is 15.5. The lowest BCUT2D eigenvalue weighted by atomic mass is 9.95. The van der Waals surface area contributed by atoms with E-state index < -0.39 is 0 Å². The number of hydrogen-bond acceptors (Lipinski definition) is 5. The van der Waals surface area contributed by atoms with Gasteiger partial charge in [0, 0.05) is 43.5 Å². The Morgan fingerprint density at radius 2 is 1.91 bits per heavy atom. The maximum atomic E-state index is 12.6. The van der Waals surface area contributed by atoms with E-state index in [-0.39, 0.29) is 11.9 Å². The Morgan fingerprint density at radius 3 is 2.59 bits per heavy atom. The maximum absolute atomic E-state index is 12.6. The van der Waals surface area contributed by atoms with Crippen LogP contribution < -0.4 is 10.1 Å². The molecular weight excluding hydrogens is 426 g/mol. The number of methoxy groups -OCH3 is 1. The van der Waals surface area contributed by atoms with Gasteiger partial charge in [-0.1, -0.05) is 17.7 Å². The molecule has 2 bridgehead atoms. The summed E-state index contributed by atoms with van der Waals surface area (Å²) in [6.45, 7) is 6.40. The van der Waals surface area contributed by atoms with Crippen molar-refractivity contribution < 1.29 is 14.3 Å². The summed E-state index contributed by atoms with van der Waals surface area (Å²) in [6.07, 6.45) is 5.92. The van der Waals surface area contributed by atoms with Crippen LogP contribution in [0.5, 0.6) is 5.75 Å². The average molecular weight is 458 g/mol. The van der Waals surface area contributed by atoms with E-state index in [9.17, 15) is 4.79 Å². The Hall–Kier alpha value is -2.15. The largest absolute Gasteiger partial charge is 0.491 e. The number of nitrogens with one attached hydrogen (secondary N) is 1. The van der Waals surface area contributed by atoms with Gasteiger partial charge in [0.15, 0.2) is 0 Å². The molecule has 0 saturated carbocycles. The van der Waals surface area contributed by atoms with Gasteiger partial charge in [0.05, 0.1) is 6.61 Å². The van der Waals surface area contributed by atoms with Crippen LogP contribution in [0.3, 0.4) is 0 Å². The van der Waals surface area contributed by atoms with Crippen molar-refractivity contribution in [1.82, 2.24) is 15.2 Å². The third kappa shape index (κ3) is 5.08. The second-order valence-electron chi connectivity index (χ2n) is 8.88. The smallest absolute Gasteiger partial charge is 0.251 e. The third-order valence-electron chi connectivity index (χ3n) is 6.96. The highest BCUT2D eigenvalue weighted by Gasteiger charge is 2.41. The van der Waals surface area contributed by atoms with Crippen LogP contribution in [0.25, 0.3) is 0 Å². The first-order valence-corrected chi connectivity index (χ1v) is 11.7. The Morgan fingerprint density at radius 1 is 1.16 bits per heavy atom. The van der Waals surface area contributed by atoms with Crippen molar-refractivity contribution in [3.63, 3.8) is 0 Å².